The topological polar surface area (TPSA) is 99.0 Å². The number of oxazole rings is 1. The minimum atomic E-state index is -0.447. The molecule has 8 heteroatoms. The normalized spacial score (nSPS) is 13.8. The Labute approximate surface area is 153 Å². The number of para-hydroxylation sites is 2. The largest absolute Gasteiger partial charge is 0.420 e. The maximum atomic E-state index is 12.2. The van der Waals surface area contributed by atoms with Crippen molar-refractivity contribution in [3.63, 3.8) is 0 Å². The predicted octanol–water partition coefficient (Wildman–Crippen LogP) is 2.04. The molecule has 136 valence electrons. The van der Waals surface area contributed by atoms with Gasteiger partial charge in [-0.15, -0.1) is 0 Å². The maximum Gasteiger partial charge on any atom is 0.420 e. The van der Waals surface area contributed by atoms with Gasteiger partial charge >= 0.3 is 5.76 Å². The number of aromatic nitrogens is 4. The summed E-state index contributed by atoms with van der Waals surface area (Å²) in [6.07, 6.45) is 2.79. The highest BCUT2D eigenvalue weighted by Gasteiger charge is 2.21. The van der Waals surface area contributed by atoms with E-state index in [-0.39, 0.29) is 6.54 Å². The molecule has 0 saturated carbocycles. The molecule has 3 aromatic heterocycles. The second-order valence-corrected chi connectivity index (χ2v) is 6.58. The molecule has 0 amide bonds. The van der Waals surface area contributed by atoms with Crippen LogP contribution in [0.25, 0.3) is 22.5 Å². The first kappa shape index (κ1) is 16.0. The number of hydrogen-bond acceptors (Lipinski definition) is 7. The fourth-order valence-corrected chi connectivity index (χ4v) is 3.59. The number of rotatable bonds is 3. The van der Waals surface area contributed by atoms with Crippen molar-refractivity contribution < 1.29 is 8.94 Å². The molecule has 1 aliphatic heterocycles. The number of fused-ring (bicyclic) bond motifs is 2. The van der Waals surface area contributed by atoms with Crippen LogP contribution in [0.4, 0.5) is 0 Å². The molecule has 1 aromatic carbocycles. The van der Waals surface area contributed by atoms with Crippen LogP contribution < -0.4 is 11.1 Å². The summed E-state index contributed by atoms with van der Waals surface area (Å²) in [6.45, 7) is 3.80. The van der Waals surface area contributed by atoms with Gasteiger partial charge in [-0.05, 0) is 43.1 Å². The van der Waals surface area contributed by atoms with E-state index in [0.29, 0.717) is 22.8 Å². The third-order valence-corrected chi connectivity index (χ3v) is 4.89. The molecule has 1 aliphatic rings. The number of nitrogens with one attached hydrogen (secondary N) is 1. The van der Waals surface area contributed by atoms with Crippen molar-refractivity contribution in [1.29, 1.82) is 0 Å². The summed E-state index contributed by atoms with van der Waals surface area (Å²) in [5.74, 6) is 0.413. The Balaban J connectivity index is 1.54. The molecule has 0 atom stereocenters. The summed E-state index contributed by atoms with van der Waals surface area (Å²) in [5.41, 5.74) is 5.39. The minimum Gasteiger partial charge on any atom is -0.408 e. The van der Waals surface area contributed by atoms with E-state index in [4.69, 9.17) is 8.94 Å². The molecule has 5 rings (SSSR count). The maximum absolute atomic E-state index is 12.2. The first-order valence-corrected chi connectivity index (χ1v) is 8.80. The zero-order valence-electron chi connectivity index (χ0n) is 14.7. The van der Waals surface area contributed by atoms with Crippen LogP contribution in [0, 0.1) is 6.92 Å². The molecule has 0 fully saturated rings. The third-order valence-electron chi connectivity index (χ3n) is 4.89. The van der Waals surface area contributed by atoms with Gasteiger partial charge in [0.15, 0.2) is 5.58 Å². The van der Waals surface area contributed by atoms with Gasteiger partial charge in [-0.25, -0.2) is 4.79 Å². The van der Waals surface area contributed by atoms with Gasteiger partial charge in [0.05, 0.1) is 5.52 Å². The summed E-state index contributed by atoms with van der Waals surface area (Å²) in [7, 11) is 0. The number of hydrogen-bond donors (Lipinski definition) is 1. The van der Waals surface area contributed by atoms with Crippen molar-refractivity contribution >= 4 is 11.1 Å². The zero-order valence-corrected chi connectivity index (χ0v) is 14.7. The Kier molecular flexibility index (Phi) is 3.64. The Hall–Kier alpha value is -3.26. The predicted molar refractivity (Wildman–Crippen MR) is 97.3 cm³/mol. The van der Waals surface area contributed by atoms with Crippen LogP contribution in [0.2, 0.25) is 0 Å². The van der Waals surface area contributed by atoms with Gasteiger partial charge in [0.25, 0.3) is 0 Å². The molecule has 0 aliphatic carbocycles. The highest BCUT2D eigenvalue weighted by Crippen LogP contribution is 2.28. The lowest BCUT2D eigenvalue weighted by Crippen LogP contribution is -2.24. The number of benzene rings is 1. The summed E-state index contributed by atoms with van der Waals surface area (Å²) >= 11 is 0. The fourth-order valence-electron chi connectivity index (χ4n) is 3.59. The molecule has 0 unspecified atom stereocenters. The van der Waals surface area contributed by atoms with Crippen LogP contribution in [0.15, 0.2) is 44.2 Å². The fraction of sp³-hybridized carbons (Fsp3) is 0.263. The van der Waals surface area contributed by atoms with Crippen molar-refractivity contribution in [2.75, 3.05) is 6.54 Å². The molecule has 0 radical (unpaired) electrons. The molecule has 4 aromatic rings. The number of aryl methyl sites for hydroxylation is 1. The van der Waals surface area contributed by atoms with E-state index in [2.05, 4.69) is 20.4 Å². The van der Waals surface area contributed by atoms with Crippen LogP contribution >= 0.6 is 0 Å². The Morgan fingerprint density at radius 1 is 1.30 bits per heavy atom. The molecule has 0 bridgehead atoms. The average molecular weight is 363 g/mol. The van der Waals surface area contributed by atoms with Crippen LogP contribution in [-0.2, 0) is 19.5 Å². The van der Waals surface area contributed by atoms with Crippen molar-refractivity contribution in [2.24, 2.45) is 0 Å². The molecule has 1 N–H and O–H groups in total. The average Bonchev–Trinajstić information content (AvgIpc) is 3.27. The first-order valence-electron chi connectivity index (χ1n) is 8.80. The molecule has 0 spiro atoms. The first-order chi connectivity index (χ1) is 13.2. The molecule has 4 heterocycles. The minimum absolute atomic E-state index is 0.159. The van der Waals surface area contributed by atoms with E-state index in [1.54, 1.807) is 6.07 Å². The lowest BCUT2D eigenvalue weighted by Gasteiger charge is -2.19. The Bertz CT molecular complexity index is 1200. The van der Waals surface area contributed by atoms with Gasteiger partial charge in [-0.3, -0.25) is 9.55 Å². The van der Waals surface area contributed by atoms with Gasteiger partial charge in [0.2, 0.25) is 11.7 Å². The van der Waals surface area contributed by atoms with Crippen molar-refractivity contribution in [3.05, 3.63) is 63.7 Å². The summed E-state index contributed by atoms with van der Waals surface area (Å²) < 4.78 is 12.2. The summed E-state index contributed by atoms with van der Waals surface area (Å²) in [4.78, 5) is 21.2. The summed E-state index contributed by atoms with van der Waals surface area (Å²) in [5, 5.41) is 7.50. The molecule has 27 heavy (non-hydrogen) atoms. The van der Waals surface area contributed by atoms with Gasteiger partial charge in [0, 0.05) is 24.0 Å². The van der Waals surface area contributed by atoms with E-state index < -0.39 is 5.76 Å². The highest BCUT2D eigenvalue weighted by molar-refractivity contribution is 5.72. The third kappa shape index (κ3) is 2.65. The van der Waals surface area contributed by atoms with Crippen molar-refractivity contribution in [3.8, 4) is 11.4 Å². The lowest BCUT2D eigenvalue weighted by molar-refractivity contribution is 0.367. The van der Waals surface area contributed by atoms with Gasteiger partial charge < -0.3 is 14.3 Å². The second kappa shape index (κ2) is 6.17. The van der Waals surface area contributed by atoms with E-state index in [0.717, 1.165) is 36.3 Å². The van der Waals surface area contributed by atoms with E-state index in [9.17, 15) is 4.79 Å². The summed E-state index contributed by atoms with van der Waals surface area (Å²) in [6, 6.07) is 7.26. The lowest BCUT2D eigenvalue weighted by atomic mass is 9.95. The van der Waals surface area contributed by atoms with Crippen molar-refractivity contribution in [2.45, 2.75) is 26.4 Å². The van der Waals surface area contributed by atoms with Crippen molar-refractivity contribution in [1.82, 2.24) is 25.0 Å². The van der Waals surface area contributed by atoms with Crippen LogP contribution in [0.5, 0.6) is 0 Å². The number of pyridine rings is 1. The zero-order chi connectivity index (χ0) is 18.4. The molecular weight excluding hydrogens is 346 g/mol. The number of nitrogens with zero attached hydrogens (tertiary/aromatic N) is 4. The monoisotopic (exact) mass is 363 g/mol. The van der Waals surface area contributed by atoms with E-state index in [1.807, 2.05) is 31.3 Å². The van der Waals surface area contributed by atoms with Crippen LogP contribution in [0.3, 0.4) is 0 Å². The Morgan fingerprint density at radius 3 is 3.11 bits per heavy atom. The smallest absolute Gasteiger partial charge is 0.408 e. The van der Waals surface area contributed by atoms with Crippen LogP contribution in [-0.4, -0.2) is 26.2 Å². The van der Waals surface area contributed by atoms with Gasteiger partial charge in [-0.1, -0.05) is 17.3 Å². The van der Waals surface area contributed by atoms with Gasteiger partial charge in [0.1, 0.15) is 6.54 Å². The highest BCUT2D eigenvalue weighted by atomic mass is 16.5. The van der Waals surface area contributed by atoms with E-state index >= 15 is 0 Å². The quantitative estimate of drug-likeness (QED) is 0.595. The van der Waals surface area contributed by atoms with E-state index in [1.165, 1.54) is 10.1 Å². The van der Waals surface area contributed by atoms with Gasteiger partial charge in [-0.2, -0.15) is 4.98 Å². The second-order valence-electron chi connectivity index (χ2n) is 6.58. The SMILES string of the molecule is Cc1ncc2c(c1-c1noc(Cn3c(=O)oc4ccccc43)n1)CCNC2. The molecular formula is C19H17N5O3. The Morgan fingerprint density at radius 2 is 2.19 bits per heavy atom. The standard InChI is InChI=1S/C19H17N5O3/c1-11-17(13-6-7-20-8-12(13)9-21-11)18-22-16(27-23-18)10-24-14-4-2-3-5-15(14)26-19(24)25/h2-5,9,20H,6-8,10H2,1H3. The molecule has 8 nitrogen and oxygen atoms in total. The van der Waals surface area contributed by atoms with Crippen LogP contribution in [0.1, 0.15) is 22.7 Å². The molecule has 0 saturated heterocycles.